The number of anilines is 1. The van der Waals surface area contributed by atoms with Gasteiger partial charge in [0.15, 0.2) is 0 Å². The first-order valence-electron chi connectivity index (χ1n) is 6.75. The van der Waals surface area contributed by atoms with E-state index >= 15 is 0 Å². The van der Waals surface area contributed by atoms with E-state index in [1.807, 2.05) is 31.2 Å². The molecule has 0 spiro atoms. The smallest absolute Gasteiger partial charge is 0.267 e. The summed E-state index contributed by atoms with van der Waals surface area (Å²) in [7, 11) is 0. The minimum Gasteiger partial charge on any atom is -0.364 e. The lowest BCUT2D eigenvalue weighted by atomic mass is 10.1. The summed E-state index contributed by atoms with van der Waals surface area (Å²) in [6.07, 6.45) is 2.24. The number of pyridine rings is 1. The highest BCUT2D eigenvalue weighted by Crippen LogP contribution is 2.32. The van der Waals surface area contributed by atoms with Crippen LogP contribution in [0, 0.1) is 0 Å². The molecule has 5 heteroatoms. The quantitative estimate of drug-likeness (QED) is 0.911. The minimum absolute atomic E-state index is 0.103. The molecule has 5 nitrogen and oxygen atoms in total. The number of fused-ring (bicyclic) bond motifs is 1. The second kappa shape index (κ2) is 5.01. The summed E-state index contributed by atoms with van der Waals surface area (Å²) < 4.78 is 0. The number of amides is 2. The number of benzene rings is 1. The predicted octanol–water partition coefficient (Wildman–Crippen LogP) is 1.77. The van der Waals surface area contributed by atoms with Crippen molar-refractivity contribution in [1.29, 1.82) is 0 Å². The molecule has 1 atom stereocenters. The Morgan fingerprint density at radius 2 is 2.00 bits per heavy atom. The summed E-state index contributed by atoms with van der Waals surface area (Å²) >= 11 is 0. The molecule has 21 heavy (non-hydrogen) atoms. The van der Waals surface area contributed by atoms with Crippen LogP contribution in [0.15, 0.2) is 42.6 Å². The van der Waals surface area contributed by atoms with Crippen molar-refractivity contribution in [3.05, 3.63) is 59.4 Å². The predicted molar refractivity (Wildman–Crippen MR) is 79.2 cm³/mol. The number of nitrogens with two attached hydrogens (primary N) is 1. The Kier molecular flexibility index (Phi) is 3.17. The minimum atomic E-state index is -0.603. The molecule has 0 aliphatic carbocycles. The van der Waals surface area contributed by atoms with Crippen LogP contribution in [0.25, 0.3) is 0 Å². The number of rotatable bonds is 2. The van der Waals surface area contributed by atoms with E-state index in [2.05, 4.69) is 4.98 Å². The van der Waals surface area contributed by atoms with E-state index in [1.165, 1.54) is 17.8 Å². The fourth-order valence-corrected chi connectivity index (χ4v) is 2.68. The molecule has 0 bridgehead atoms. The zero-order chi connectivity index (χ0) is 15.0. The Bertz CT molecular complexity index is 710. The Hall–Kier alpha value is -2.69. The topological polar surface area (TPSA) is 76.3 Å². The van der Waals surface area contributed by atoms with Crippen LogP contribution in [-0.4, -0.2) is 22.8 Å². The maximum absolute atomic E-state index is 12.7. The molecule has 0 radical (unpaired) electrons. The molecule has 0 saturated carbocycles. The largest absolute Gasteiger partial charge is 0.364 e. The highest BCUT2D eigenvalue weighted by molar-refractivity contribution is 6.07. The summed E-state index contributed by atoms with van der Waals surface area (Å²) in [5, 5.41) is 0. The fraction of sp³-hybridized carbons (Fsp3) is 0.188. The number of nitrogens with zero attached hydrogens (tertiary/aromatic N) is 2. The van der Waals surface area contributed by atoms with Gasteiger partial charge in [-0.1, -0.05) is 18.2 Å². The standard InChI is InChI=1S/C16H15N3O2/c1-10-8-11-4-2-3-5-14(11)19(10)16(21)12-6-7-13(15(17)20)18-9-12/h2-7,9-10H,8H2,1H3,(H2,17,20). The van der Waals surface area contributed by atoms with Gasteiger partial charge in [0.05, 0.1) is 5.56 Å². The van der Waals surface area contributed by atoms with Gasteiger partial charge in [0.25, 0.3) is 11.8 Å². The summed E-state index contributed by atoms with van der Waals surface area (Å²) in [5.74, 6) is -0.718. The molecule has 1 aliphatic rings. The van der Waals surface area contributed by atoms with Gasteiger partial charge >= 0.3 is 0 Å². The Labute approximate surface area is 122 Å². The lowest BCUT2D eigenvalue weighted by Gasteiger charge is -2.22. The van der Waals surface area contributed by atoms with Crippen LogP contribution >= 0.6 is 0 Å². The molecular formula is C16H15N3O2. The van der Waals surface area contributed by atoms with Crippen LogP contribution in [0.5, 0.6) is 0 Å². The van der Waals surface area contributed by atoms with Gasteiger partial charge in [-0.15, -0.1) is 0 Å². The normalized spacial score (nSPS) is 16.6. The Morgan fingerprint density at radius 3 is 2.67 bits per heavy atom. The SMILES string of the molecule is CC1Cc2ccccc2N1C(=O)c1ccc(C(N)=O)nc1. The van der Waals surface area contributed by atoms with Crippen LogP contribution in [0.3, 0.4) is 0 Å². The highest BCUT2D eigenvalue weighted by Gasteiger charge is 2.31. The third kappa shape index (κ3) is 2.27. The van der Waals surface area contributed by atoms with Crippen molar-refractivity contribution in [2.45, 2.75) is 19.4 Å². The number of aromatic nitrogens is 1. The molecule has 2 N–H and O–H groups in total. The first-order valence-corrected chi connectivity index (χ1v) is 6.75. The van der Waals surface area contributed by atoms with Gasteiger partial charge in [-0.05, 0) is 37.1 Å². The molecule has 2 amide bonds. The van der Waals surface area contributed by atoms with Crippen molar-refractivity contribution in [1.82, 2.24) is 4.98 Å². The summed E-state index contributed by atoms with van der Waals surface area (Å²) in [4.78, 5) is 29.4. The summed E-state index contributed by atoms with van der Waals surface area (Å²) in [5.41, 5.74) is 7.86. The van der Waals surface area contributed by atoms with E-state index in [4.69, 9.17) is 5.73 Å². The zero-order valence-electron chi connectivity index (χ0n) is 11.6. The van der Waals surface area contributed by atoms with Crippen LogP contribution in [0.2, 0.25) is 0 Å². The molecule has 0 fully saturated rings. The maximum atomic E-state index is 12.7. The molecule has 106 valence electrons. The third-order valence-corrected chi connectivity index (χ3v) is 3.69. The number of primary amides is 1. The van der Waals surface area contributed by atoms with Crippen LogP contribution in [0.4, 0.5) is 5.69 Å². The molecule has 2 aromatic rings. The van der Waals surface area contributed by atoms with Gasteiger partial charge in [0, 0.05) is 17.9 Å². The Morgan fingerprint density at radius 1 is 1.24 bits per heavy atom. The fourth-order valence-electron chi connectivity index (χ4n) is 2.68. The average Bonchev–Trinajstić information content (AvgIpc) is 2.82. The van der Waals surface area contributed by atoms with E-state index in [0.717, 1.165) is 12.1 Å². The van der Waals surface area contributed by atoms with Gasteiger partial charge < -0.3 is 10.6 Å². The maximum Gasteiger partial charge on any atom is 0.267 e. The molecule has 2 heterocycles. The van der Waals surface area contributed by atoms with Crippen LogP contribution in [-0.2, 0) is 6.42 Å². The van der Waals surface area contributed by atoms with E-state index in [-0.39, 0.29) is 17.6 Å². The van der Waals surface area contributed by atoms with Crippen LogP contribution < -0.4 is 10.6 Å². The first kappa shape index (κ1) is 13.3. The van der Waals surface area contributed by atoms with Gasteiger partial charge in [-0.25, -0.2) is 0 Å². The highest BCUT2D eigenvalue weighted by atomic mass is 16.2. The van der Waals surface area contributed by atoms with Gasteiger partial charge in [-0.2, -0.15) is 0 Å². The monoisotopic (exact) mass is 281 g/mol. The van der Waals surface area contributed by atoms with E-state index in [0.29, 0.717) is 5.56 Å². The Balaban J connectivity index is 1.93. The molecule has 0 saturated heterocycles. The summed E-state index contributed by atoms with van der Waals surface area (Å²) in [6, 6.07) is 11.0. The van der Waals surface area contributed by atoms with Crippen molar-refractivity contribution in [3.8, 4) is 0 Å². The number of para-hydroxylation sites is 1. The van der Waals surface area contributed by atoms with Crippen molar-refractivity contribution in [3.63, 3.8) is 0 Å². The zero-order valence-corrected chi connectivity index (χ0v) is 11.6. The second-order valence-corrected chi connectivity index (χ2v) is 5.15. The van der Waals surface area contributed by atoms with Crippen molar-refractivity contribution in [2.24, 2.45) is 5.73 Å². The molecule has 3 rings (SSSR count). The van der Waals surface area contributed by atoms with E-state index in [9.17, 15) is 9.59 Å². The van der Waals surface area contributed by atoms with Gasteiger partial charge in [0.2, 0.25) is 0 Å². The van der Waals surface area contributed by atoms with Crippen molar-refractivity contribution >= 4 is 17.5 Å². The lowest BCUT2D eigenvalue weighted by Crippen LogP contribution is -2.35. The molecule has 1 aromatic carbocycles. The average molecular weight is 281 g/mol. The molecular weight excluding hydrogens is 266 g/mol. The molecule has 1 unspecified atom stereocenters. The molecule has 1 aliphatic heterocycles. The van der Waals surface area contributed by atoms with E-state index in [1.54, 1.807) is 11.0 Å². The number of hydrogen-bond acceptors (Lipinski definition) is 3. The molecule has 1 aromatic heterocycles. The van der Waals surface area contributed by atoms with Crippen LogP contribution in [0.1, 0.15) is 33.3 Å². The number of hydrogen-bond donors (Lipinski definition) is 1. The van der Waals surface area contributed by atoms with Crippen molar-refractivity contribution < 1.29 is 9.59 Å². The van der Waals surface area contributed by atoms with Gasteiger partial charge in [-0.3, -0.25) is 14.6 Å². The number of carbonyl (C=O) groups excluding carboxylic acids is 2. The van der Waals surface area contributed by atoms with Gasteiger partial charge in [0.1, 0.15) is 5.69 Å². The van der Waals surface area contributed by atoms with E-state index < -0.39 is 5.91 Å². The first-order chi connectivity index (χ1) is 10.1. The lowest BCUT2D eigenvalue weighted by molar-refractivity contribution is 0.0973. The second-order valence-electron chi connectivity index (χ2n) is 5.15. The van der Waals surface area contributed by atoms with Crippen molar-refractivity contribution in [2.75, 3.05) is 4.90 Å². The third-order valence-electron chi connectivity index (χ3n) is 3.69. The number of carbonyl (C=O) groups is 2. The summed E-state index contributed by atoms with van der Waals surface area (Å²) in [6.45, 7) is 2.02.